The Bertz CT molecular complexity index is 756. The van der Waals surface area contributed by atoms with E-state index in [1.165, 1.54) is 7.11 Å². The van der Waals surface area contributed by atoms with E-state index in [9.17, 15) is 9.59 Å². The number of aromatic nitrogens is 1. The lowest BCUT2D eigenvalue weighted by Gasteiger charge is -2.30. The first-order valence-electron chi connectivity index (χ1n) is 8.83. The van der Waals surface area contributed by atoms with Gasteiger partial charge in [-0.3, -0.25) is 9.59 Å². The van der Waals surface area contributed by atoms with E-state index < -0.39 is 0 Å². The summed E-state index contributed by atoms with van der Waals surface area (Å²) in [6, 6.07) is 12.4. The zero-order valence-corrected chi connectivity index (χ0v) is 15.2. The number of rotatable bonds is 6. The van der Waals surface area contributed by atoms with Crippen molar-refractivity contribution in [3.63, 3.8) is 0 Å². The van der Waals surface area contributed by atoms with Crippen molar-refractivity contribution in [2.45, 2.75) is 12.8 Å². The van der Waals surface area contributed by atoms with Gasteiger partial charge in [-0.25, -0.2) is 4.98 Å². The Labute approximate surface area is 157 Å². The summed E-state index contributed by atoms with van der Waals surface area (Å²) < 4.78 is 15.9. The van der Waals surface area contributed by atoms with Crippen LogP contribution in [0.25, 0.3) is 0 Å². The van der Waals surface area contributed by atoms with Crippen LogP contribution in [-0.4, -0.2) is 48.6 Å². The first-order valence-corrected chi connectivity index (χ1v) is 8.83. The van der Waals surface area contributed by atoms with Gasteiger partial charge < -0.3 is 19.1 Å². The average Bonchev–Trinajstić information content (AvgIpc) is 2.73. The number of carbonyl (C=O) groups is 2. The van der Waals surface area contributed by atoms with Crippen LogP contribution in [0.4, 0.5) is 0 Å². The first kappa shape index (κ1) is 18.7. The normalized spacial score (nSPS) is 14.5. The first-order chi connectivity index (χ1) is 13.2. The maximum Gasteiger partial charge on any atom is 0.308 e. The summed E-state index contributed by atoms with van der Waals surface area (Å²) in [5.74, 6) is 1.32. The average molecular weight is 370 g/mol. The van der Waals surface area contributed by atoms with Crippen LogP contribution in [0.15, 0.2) is 48.7 Å². The van der Waals surface area contributed by atoms with Gasteiger partial charge in [-0.05, 0) is 43.2 Å². The SMILES string of the molecule is COC(=O)C1CCN(C(=O)COc2ccc(Oc3ccccn3)cc2)CC1. The summed E-state index contributed by atoms with van der Waals surface area (Å²) in [6.07, 6.45) is 2.91. The molecule has 0 unspecified atom stereocenters. The maximum absolute atomic E-state index is 12.3. The molecule has 1 amide bonds. The van der Waals surface area contributed by atoms with Crippen molar-refractivity contribution in [2.24, 2.45) is 5.92 Å². The fraction of sp³-hybridized carbons (Fsp3) is 0.350. The number of pyridine rings is 1. The lowest BCUT2D eigenvalue weighted by atomic mass is 9.97. The van der Waals surface area contributed by atoms with Crippen molar-refractivity contribution in [3.05, 3.63) is 48.7 Å². The number of piperidine rings is 1. The molecule has 0 atom stereocenters. The highest BCUT2D eigenvalue weighted by Gasteiger charge is 2.27. The van der Waals surface area contributed by atoms with E-state index in [2.05, 4.69) is 4.98 Å². The number of hydrogen-bond donors (Lipinski definition) is 0. The van der Waals surface area contributed by atoms with Gasteiger partial charge in [0.15, 0.2) is 6.61 Å². The summed E-state index contributed by atoms with van der Waals surface area (Å²) in [5.41, 5.74) is 0. The van der Waals surface area contributed by atoms with Crippen LogP contribution in [0.5, 0.6) is 17.4 Å². The van der Waals surface area contributed by atoms with E-state index in [4.69, 9.17) is 14.2 Å². The minimum absolute atomic E-state index is 0.0384. The summed E-state index contributed by atoms with van der Waals surface area (Å²) >= 11 is 0. The number of likely N-dealkylation sites (tertiary alicyclic amines) is 1. The second kappa shape index (κ2) is 9.02. The number of benzene rings is 1. The third-order valence-corrected chi connectivity index (χ3v) is 4.43. The second-order valence-electron chi connectivity index (χ2n) is 6.21. The van der Waals surface area contributed by atoms with Gasteiger partial charge in [0.25, 0.3) is 5.91 Å². The Morgan fingerprint density at radius 1 is 1.07 bits per heavy atom. The molecule has 142 valence electrons. The highest BCUT2D eigenvalue weighted by Crippen LogP contribution is 2.23. The summed E-state index contributed by atoms with van der Waals surface area (Å²) in [6.45, 7) is 1.04. The number of esters is 1. The van der Waals surface area contributed by atoms with Crippen molar-refractivity contribution in [2.75, 3.05) is 26.8 Å². The summed E-state index contributed by atoms with van der Waals surface area (Å²) in [4.78, 5) is 29.6. The van der Waals surface area contributed by atoms with Crippen LogP contribution in [0, 0.1) is 5.92 Å². The zero-order chi connectivity index (χ0) is 19.1. The topological polar surface area (TPSA) is 78.0 Å². The van der Waals surface area contributed by atoms with Gasteiger partial charge in [-0.2, -0.15) is 0 Å². The molecule has 7 heteroatoms. The predicted octanol–water partition coefficient (Wildman–Crippen LogP) is 2.66. The number of nitrogens with zero attached hydrogens (tertiary/aromatic N) is 2. The van der Waals surface area contributed by atoms with Crippen LogP contribution in [0.1, 0.15) is 12.8 Å². The van der Waals surface area contributed by atoms with Crippen LogP contribution in [0.3, 0.4) is 0 Å². The Balaban J connectivity index is 1.44. The molecule has 3 rings (SSSR count). The van der Waals surface area contributed by atoms with Crippen molar-refractivity contribution in [3.8, 4) is 17.4 Å². The van der Waals surface area contributed by atoms with E-state index in [1.54, 1.807) is 41.4 Å². The van der Waals surface area contributed by atoms with Crippen molar-refractivity contribution in [1.29, 1.82) is 0 Å². The van der Waals surface area contributed by atoms with Gasteiger partial charge in [0.2, 0.25) is 5.88 Å². The molecule has 0 aliphatic carbocycles. The highest BCUT2D eigenvalue weighted by molar-refractivity contribution is 5.78. The molecule has 0 N–H and O–H groups in total. The van der Waals surface area contributed by atoms with Gasteiger partial charge in [0, 0.05) is 25.4 Å². The predicted molar refractivity (Wildman–Crippen MR) is 97.6 cm³/mol. The monoisotopic (exact) mass is 370 g/mol. The largest absolute Gasteiger partial charge is 0.484 e. The van der Waals surface area contributed by atoms with Gasteiger partial charge >= 0.3 is 5.97 Å². The van der Waals surface area contributed by atoms with E-state index >= 15 is 0 Å². The Morgan fingerprint density at radius 3 is 2.41 bits per heavy atom. The number of methoxy groups -OCH3 is 1. The van der Waals surface area contributed by atoms with Crippen LogP contribution < -0.4 is 9.47 Å². The molecule has 1 aliphatic heterocycles. The van der Waals surface area contributed by atoms with E-state index in [1.807, 2.05) is 12.1 Å². The quantitative estimate of drug-likeness (QED) is 0.728. The minimum atomic E-state index is -0.202. The maximum atomic E-state index is 12.3. The number of carbonyl (C=O) groups excluding carboxylic acids is 2. The lowest BCUT2D eigenvalue weighted by Crippen LogP contribution is -2.42. The third-order valence-electron chi connectivity index (χ3n) is 4.43. The zero-order valence-electron chi connectivity index (χ0n) is 15.2. The molecule has 1 aromatic carbocycles. The van der Waals surface area contributed by atoms with E-state index in [0.717, 1.165) is 0 Å². The van der Waals surface area contributed by atoms with Crippen molar-refractivity contribution in [1.82, 2.24) is 9.88 Å². The van der Waals surface area contributed by atoms with Crippen LogP contribution in [-0.2, 0) is 14.3 Å². The van der Waals surface area contributed by atoms with E-state index in [0.29, 0.717) is 43.3 Å². The van der Waals surface area contributed by atoms with Crippen molar-refractivity contribution < 1.29 is 23.8 Å². The highest BCUT2D eigenvalue weighted by atomic mass is 16.5. The Morgan fingerprint density at radius 2 is 1.78 bits per heavy atom. The molecule has 7 nitrogen and oxygen atoms in total. The molecular weight excluding hydrogens is 348 g/mol. The smallest absolute Gasteiger partial charge is 0.308 e. The standard InChI is InChI=1S/C20H22N2O5/c1-25-20(24)15-9-12-22(13-10-15)19(23)14-26-16-5-7-17(8-6-16)27-18-4-2-3-11-21-18/h2-8,11,15H,9-10,12-14H2,1H3. The Kier molecular flexibility index (Phi) is 6.25. The van der Waals surface area contributed by atoms with Gasteiger partial charge in [-0.1, -0.05) is 6.07 Å². The number of hydrogen-bond acceptors (Lipinski definition) is 6. The summed E-state index contributed by atoms with van der Waals surface area (Å²) in [5, 5.41) is 0. The molecular formula is C20H22N2O5. The second-order valence-corrected chi connectivity index (χ2v) is 6.21. The molecule has 2 aromatic rings. The number of amides is 1. The van der Waals surface area contributed by atoms with Crippen LogP contribution >= 0.6 is 0 Å². The molecule has 0 bridgehead atoms. The molecule has 27 heavy (non-hydrogen) atoms. The molecule has 0 spiro atoms. The van der Waals surface area contributed by atoms with E-state index in [-0.39, 0.29) is 24.4 Å². The summed E-state index contributed by atoms with van der Waals surface area (Å²) in [7, 11) is 1.39. The fourth-order valence-corrected chi connectivity index (χ4v) is 2.90. The molecule has 0 radical (unpaired) electrons. The molecule has 1 aliphatic rings. The molecule has 1 fully saturated rings. The fourth-order valence-electron chi connectivity index (χ4n) is 2.90. The van der Waals surface area contributed by atoms with Crippen molar-refractivity contribution >= 4 is 11.9 Å². The molecule has 0 saturated carbocycles. The minimum Gasteiger partial charge on any atom is -0.484 e. The Hall–Kier alpha value is -3.09. The van der Waals surface area contributed by atoms with Gasteiger partial charge in [0.05, 0.1) is 13.0 Å². The molecule has 2 heterocycles. The van der Waals surface area contributed by atoms with Crippen LogP contribution in [0.2, 0.25) is 0 Å². The number of ether oxygens (including phenoxy) is 3. The third kappa shape index (κ3) is 5.20. The van der Waals surface area contributed by atoms with Gasteiger partial charge in [0.1, 0.15) is 11.5 Å². The molecule has 1 saturated heterocycles. The van der Waals surface area contributed by atoms with Gasteiger partial charge in [-0.15, -0.1) is 0 Å². The molecule has 1 aromatic heterocycles. The lowest BCUT2D eigenvalue weighted by molar-refractivity contribution is -0.149.